The van der Waals surface area contributed by atoms with Crippen LogP contribution in [0.25, 0.3) is 0 Å². The molecule has 0 radical (unpaired) electrons. The molecule has 2 aromatic rings. The fraction of sp³-hybridized carbons (Fsp3) is 0.333. The second kappa shape index (κ2) is 5.90. The Bertz CT molecular complexity index is 546. The first-order chi connectivity index (χ1) is 8.86. The SMILES string of the molecule is Cl.NCc1nc(CN2CCOc3ccccc32)no1. The molecular weight excluding hydrogens is 268 g/mol. The predicted molar refractivity (Wildman–Crippen MR) is 72.4 cm³/mol. The minimum atomic E-state index is 0. The van der Waals surface area contributed by atoms with Gasteiger partial charge in [0.1, 0.15) is 12.4 Å². The van der Waals surface area contributed by atoms with E-state index in [1.165, 1.54) is 0 Å². The summed E-state index contributed by atoms with van der Waals surface area (Å²) in [7, 11) is 0. The summed E-state index contributed by atoms with van der Waals surface area (Å²) in [5, 5.41) is 3.91. The van der Waals surface area contributed by atoms with E-state index >= 15 is 0 Å². The van der Waals surface area contributed by atoms with Crippen molar-refractivity contribution in [1.82, 2.24) is 10.1 Å². The average molecular weight is 283 g/mol. The van der Waals surface area contributed by atoms with E-state index in [-0.39, 0.29) is 19.0 Å². The van der Waals surface area contributed by atoms with Gasteiger partial charge in [-0.3, -0.25) is 0 Å². The maximum absolute atomic E-state index is 5.59. The monoisotopic (exact) mass is 282 g/mol. The summed E-state index contributed by atoms with van der Waals surface area (Å²) in [6.07, 6.45) is 0. The van der Waals surface area contributed by atoms with Gasteiger partial charge in [0, 0.05) is 0 Å². The number of ether oxygens (including phenoxy) is 1. The molecule has 6 nitrogen and oxygen atoms in total. The Hall–Kier alpha value is -1.79. The highest BCUT2D eigenvalue weighted by Crippen LogP contribution is 2.31. The van der Waals surface area contributed by atoms with Gasteiger partial charge in [-0.1, -0.05) is 17.3 Å². The van der Waals surface area contributed by atoms with E-state index < -0.39 is 0 Å². The molecule has 19 heavy (non-hydrogen) atoms. The van der Waals surface area contributed by atoms with Crippen LogP contribution in [0.15, 0.2) is 28.8 Å². The zero-order chi connectivity index (χ0) is 12.4. The van der Waals surface area contributed by atoms with E-state index in [1.807, 2.05) is 24.3 Å². The summed E-state index contributed by atoms with van der Waals surface area (Å²) >= 11 is 0. The Morgan fingerprint density at radius 1 is 1.32 bits per heavy atom. The lowest BCUT2D eigenvalue weighted by atomic mass is 10.2. The highest BCUT2D eigenvalue weighted by molar-refractivity contribution is 5.85. The fourth-order valence-electron chi connectivity index (χ4n) is 2.00. The van der Waals surface area contributed by atoms with Crippen LogP contribution in [0.5, 0.6) is 5.75 Å². The molecule has 7 heteroatoms. The maximum Gasteiger partial charge on any atom is 0.240 e. The molecule has 0 spiro atoms. The van der Waals surface area contributed by atoms with Gasteiger partial charge in [-0.05, 0) is 12.1 Å². The molecule has 0 saturated heterocycles. The normalized spacial score (nSPS) is 13.4. The Kier molecular flexibility index (Phi) is 4.24. The van der Waals surface area contributed by atoms with Gasteiger partial charge in [-0.25, -0.2) is 0 Å². The lowest BCUT2D eigenvalue weighted by molar-refractivity contribution is 0.305. The van der Waals surface area contributed by atoms with Crippen LogP contribution in [0.4, 0.5) is 5.69 Å². The number of nitrogens with zero attached hydrogens (tertiary/aromatic N) is 3. The molecule has 0 atom stereocenters. The van der Waals surface area contributed by atoms with E-state index in [0.717, 1.165) is 18.0 Å². The number of anilines is 1. The first kappa shape index (κ1) is 13.6. The van der Waals surface area contributed by atoms with Crippen LogP contribution in [0.2, 0.25) is 0 Å². The van der Waals surface area contributed by atoms with E-state index in [4.69, 9.17) is 15.0 Å². The number of rotatable bonds is 3. The number of benzene rings is 1. The zero-order valence-electron chi connectivity index (χ0n) is 10.3. The van der Waals surface area contributed by atoms with Crippen LogP contribution < -0.4 is 15.4 Å². The van der Waals surface area contributed by atoms with Crippen molar-refractivity contribution in [1.29, 1.82) is 0 Å². The summed E-state index contributed by atoms with van der Waals surface area (Å²) in [5.41, 5.74) is 6.50. The summed E-state index contributed by atoms with van der Waals surface area (Å²) < 4.78 is 10.6. The molecule has 0 bridgehead atoms. The molecule has 3 rings (SSSR count). The maximum atomic E-state index is 5.59. The van der Waals surface area contributed by atoms with Crippen molar-refractivity contribution in [3.63, 3.8) is 0 Å². The first-order valence-electron chi connectivity index (χ1n) is 5.85. The molecule has 102 valence electrons. The van der Waals surface area contributed by atoms with Crippen molar-refractivity contribution in [3.8, 4) is 5.75 Å². The number of aromatic nitrogens is 2. The summed E-state index contributed by atoms with van der Waals surface area (Å²) in [6, 6.07) is 7.94. The van der Waals surface area contributed by atoms with Gasteiger partial charge in [0.15, 0.2) is 5.82 Å². The summed E-state index contributed by atoms with van der Waals surface area (Å²) in [6.45, 7) is 2.35. The number of fused-ring (bicyclic) bond motifs is 1. The largest absolute Gasteiger partial charge is 0.490 e. The molecule has 2 N–H and O–H groups in total. The van der Waals surface area contributed by atoms with Crippen molar-refractivity contribution in [2.24, 2.45) is 5.73 Å². The van der Waals surface area contributed by atoms with Gasteiger partial charge >= 0.3 is 0 Å². The Labute approximate surface area is 116 Å². The Morgan fingerprint density at radius 3 is 2.95 bits per heavy atom. The van der Waals surface area contributed by atoms with Crippen molar-refractivity contribution < 1.29 is 9.26 Å². The third-order valence-electron chi connectivity index (χ3n) is 2.84. The summed E-state index contributed by atoms with van der Waals surface area (Å²) in [5.74, 6) is 2.00. The van der Waals surface area contributed by atoms with Gasteiger partial charge < -0.3 is 19.9 Å². The molecule has 0 saturated carbocycles. The molecular formula is C12H15ClN4O2. The molecule has 0 amide bonds. The third kappa shape index (κ3) is 2.80. The molecule has 1 aromatic heterocycles. The molecule has 2 heterocycles. The quantitative estimate of drug-likeness (QED) is 0.916. The molecule has 1 aliphatic heterocycles. The highest BCUT2D eigenvalue weighted by Gasteiger charge is 2.19. The lowest BCUT2D eigenvalue weighted by Crippen LogP contribution is -2.32. The van der Waals surface area contributed by atoms with E-state index in [1.54, 1.807) is 0 Å². The minimum absolute atomic E-state index is 0. The van der Waals surface area contributed by atoms with E-state index in [0.29, 0.717) is 24.9 Å². The van der Waals surface area contributed by atoms with E-state index in [2.05, 4.69) is 15.0 Å². The number of halogens is 1. The zero-order valence-corrected chi connectivity index (χ0v) is 11.1. The van der Waals surface area contributed by atoms with Crippen molar-refractivity contribution in [2.75, 3.05) is 18.1 Å². The van der Waals surface area contributed by atoms with Crippen LogP contribution in [0.3, 0.4) is 0 Å². The highest BCUT2D eigenvalue weighted by atomic mass is 35.5. The first-order valence-corrected chi connectivity index (χ1v) is 5.85. The Morgan fingerprint density at radius 2 is 2.16 bits per heavy atom. The standard InChI is InChI=1S/C12H14N4O2.ClH/c13-7-12-14-11(15-18-12)8-16-5-6-17-10-4-2-1-3-9(10)16;/h1-4H,5-8,13H2;1H. The van der Waals surface area contributed by atoms with E-state index in [9.17, 15) is 0 Å². The van der Waals surface area contributed by atoms with Crippen LogP contribution in [-0.4, -0.2) is 23.3 Å². The van der Waals surface area contributed by atoms with Crippen LogP contribution in [-0.2, 0) is 13.1 Å². The van der Waals surface area contributed by atoms with Crippen molar-refractivity contribution in [2.45, 2.75) is 13.1 Å². The smallest absolute Gasteiger partial charge is 0.240 e. The Balaban J connectivity index is 0.00000133. The number of nitrogens with two attached hydrogens (primary N) is 1. The van der Waals surface area contributed by atoms with Crippen molar-refractivity contribution in [3.05, 3.63) is 36.0 Å². The van der Waals surface area contributed by atoms with Crippen LogP contribution in [0.1, 0.15) is 11.7 Å². The topological polar surface area (TPSA) is 77.4 Å². The minimum Gasteiger partial charge on any atom is -0.490 e. The molecule has 0 fully saturated rings. The van der Waals surface area contributed by atoms with Gasteiger partial charge in [0.25, 0.3) is 0 Å². The second-order valence-corrected chi connectivity index (χ2v) is 4.05. The average Bonchev–Trinajstić information content (AvgIpc) is 2.87. The molecule has 1 aromatic carbocycles. The third-order valence-corrected chi connectivity index (χ3v) is 2.84. The number of hydrogen-bond acceptors (Lipinski definition) is 6. The number of para-hydroxylation sites is 2. The van der Waals surface area contributed by atoms with Gasteiger partial charge in [0.2, 0.25) is 5.89 Å². The second-order valence-electron chi connectivity index (χ2n) is 4.05. The molecule has 0 unspecified atom stereocenters. The van der Waals surface area contributed by atoms with Crippen LogP contribution >= 0.6 is 12.4 Å². The molecule has 0 aliphatic carbocycles. The fourth-order valence-corrected chi connectivity index (χ4v) is 2.00. The lowest BCUT2D eigenvalue weighted by Gasteiger charge is -2.30. The van der Waals surface area contributed by atoms with Gasteiger partial charge in [0.05, 0.1) is 25.3 Å². The molecule has 1 aliphatic rings. The predicted octanol–water partition coefficient (Wildman–Crippen LogP) is 1.35. The van der Waals surface area contributed by atoms with Crippen LogP contribution in [0, 0.1) is 0 Å². The van der Waals surface area contributed by atoms with Gasteiger partial charge in [-0.15, -0.1) is 12.4 Å². The van der Waals surface area contributed by atoms with Gasteiger partial charge in [-0.2, -0.15) is 4.98 Å². The van der Waals surface area contributed by atoms with Crippen molar-refractivity contribution >= 4 is 18.1 Å². The summed E-state index contributed by atoms with van der Waals surface area (Å²) in [4.78, 5) is 6.38. The number of hydrogen-bond donors (Lipinski definition) is 1.